The van der Waals surface area contributed by atoms with Crippen molar-refractivity contribution < 1.29 is 9.13 Å². The van der Waals surface area contributed by atoms with E-state index in [0.29, 0.717) is 18.1 Å². The maximum atomic E-state index is 13.4. The monoisotopic (exact) mass is 328 g/mol. The van der Waals surface area contributed by atoms with E-state index in [9.17, 15) is 4.39 Å². The first-order valence-corrected chi connectivity index (χ1v) is 7.51. The molecule has 2 aliphatic heterocycles. The van der Waals surface area contributed by atoms with E-state index in [1.165, 1.54) is 12.5 Å². The van der Waals surface area contributed by atoms with Gasteiger partial charge in [0.2, 0.25) is 0 Å². The summed E-state index contributed by atoms with van der Waals surface area (Å²) in [6, 6.07) is 5.13. The fourth-order valence-electron chi connectivity index (χ4n) is 3.42. The second kappa shape index (κ2) is 5.48. The van der Waals surface area contributed by atoms with E-state index >= 15 is 0 Å². The summed E-state index contributed by atoms with van der Waals surface area (Å²) in [6.45, 7) is 0. The summed E-state index contributed by atoms with van der Waals surface area (Å²) in [5.74, 6) is 5.91. The Bertz CT molecular complexity index is 451. The molecule has 3 nitrogen and oxygen atoms in total. The maximum Gasteiger partial charge on any atom is 0.124 e. The number of rotatable bonds is 4. The molecule has 0 amide bonds. The summed E-state index contributed by atoms with van der Waals surface area (Å²) in [5.41, 5.74) is 3.85. The van der Waals surface area contributed by atoms with Gasteiger partial charge >= 0.3 is 0 Å². The van der Waals surface area contributed by atoms with Crippen LogP contribution in [0.25, 0.3) is 0 Å². The Labute approximate surface area is 120 Å². The van der Waals surface area contributed by atoms with Crippen LogP contribution in [0, 0.1) is 11.7 Å². The largest absolute Gasteiger partial charge is 0.375 e. The van der Waals surface area contributed by atoms with Gasteiger partial charge in [0.05, 0.1) is 12.2 Å². The highest BCUT2D eigenvalue weighted by Gasteiger charge is 2.44. The van der Waals surface area contributed by atoms with E-state index in [0.717, 1.165) is 29.3 Å². The topological polar surface area (TPSA) is 47.3 Å². The molecule has 0 spiro atoms. The van der Waals surface area contributed by atoms with Gasteiger partial charge in [0.25, 0.3) is 0 Å². The molecule has 5 heteroatoms. The maximum absolute atomic E-state index is 13.4. The van der Waals surface area contributed by atoms with Crippen molar-refractivity contribution >= 4 is 15.9 Å². The van der Waals surface area contributed by atoms with Gasteiger partial charge in [-0.05, 0) is 49.4 Å². The first-order chi connectivity index (χ1) is 9.15. The minimum absolute atomic E-state index is 0.143. The first-order valence-electron chi connectivity index (χ1n) is 6.72. The molecular weight excluding hydrogens is 311 g/mol. The molecule has 104 valence electrons. The Morgan fingerprint density at radius 2 is 2.26 bits per heavy atom. The summed E-state index contributed by atoms with van der Waals surface area (Å²) in [4.78, 5) is 0. The molecule has 0 saturated carbocycles. The Balaban J connectivity index is 1.72. The van der Waals surface area contributed by atoms with Crippen molar-refractivity contribution in [2.75, 3.05) is 0 Å². The molecule has 2 fully saturated rings. The number of hydrogen-bond acceptors (Lipinski definition) is 3. The van der Waals surface area contributed by atoms with Crippen molar-refractivity contribution in [3.05, 3.63) is 34.1 Å². The third-order valence-electron chi connectivity index (χ3n) is 4.26. The van der Waals surface area contributed by atoms with Crippen LogP contribution < -0.4 is 11.3 Å². The first kappa shape index (κ1) is 13.5. The van der Waals surface area contributed by atoms with Gasteiger partial charge < -0.3 is 4.74 Å². The van der Waals surface area contributed by atoms with Crippen molar-refractivity contribution in [1.29, 1.82) is 0 Å². The number of nitrogens with one attached hydrogen (secondary N) is 1. The molecule has 3 N–H and O–H groups in total. The molecule has 3 rings (SSSR count). The fourth-order valence-corrected chi connectivity index (χ4v) is 3.93. The summed E-state index contributed by atoms with van der Waals surface area (Å²) in [5, 5.41) is 0. The van der Waals surface area contributed by atoms with E-state index in [-0.39, 0.29) is 11.9 Å². The van der Waals surface area contributed by atoms with E-state index in [1.807, 2.05) is 6.07 Å². The molecule has 2 bridgehead atoms. The van der Waals surface area contributed by atoms with Gasteiger partial charge in [-0.25, -0.2) is 4.39 Å². The van der Waals surface area contributed by atoms with Crippen LogP contribution >= 0.6 is 15.9 Å². The lowest BCUT2D eigenvalue weighted by Gasteiger charge is -2.28. The van der Waals surface area contributed by atoms with E-state index in [1.54, 1.807) is 6.07 Å². The Morgan fingerprint density at radius 1 is 1.42 bits per heavy atom. The second-order valence-corrected chi connectivity index (χ2v) is 6.44. The normalized spacial score (nSPS) is 30.8. The number of nitrogens with two attached hydrogens (primary N) is 1. The van der Waals surface area contributed by atoms with Crippen LogP contribution in [0.2, 0.25) is 0 Å². The molecule has 1 aromatic rings. The van der Waals surface area contributed by atoms with E-state index in [4.69, 9.17) is 10.6 Å². The third kappa shape index (κ3) is 2.84. The Hall–Kier alpha value is -0.490. The number of hydrazine groups is 1. The van der Waals surface area contributed by atoms with Crippen LogP contribution in [0.15, 0.2) is 22.7 Å². The number of benzene rings is 1. The quantitative estimate of drug-likeness (QED) is 0.659. The lowest BCUT2D eigenvalue weighted by Crippen LogP contribution is -2.45. The summed E-state index contributed by atoms with van der Waals surface area (Å²) < 4.78 is 20.0. The molecule has 2 heterocycles. The van der Waals surface area contributed by atoms with Gasteiger partial charge in [-0.1, -0.05) is 15.9 Å². The number of fused-ring (bicyclic) bond motifs is 2. The van der Waals surface area contributed by atoms with Gasteiger partial charge in [0, 0.05) is 16.4 Å². The molecule has 4 atom stereocenters. The lowest BCUT2D eigenvalue weighted by molar-refractivity contribution is 0.0857. The van der Waals surface area contributed by atoms with Gasteiger partial charge in [0.1, 0.15) is 5.82 Å². The average Bonchev–Trinajstić information content (AvgIpc) is 2.96. The number of ether oxygens (including phenoxy) is 1. The van der Waals surface area contributed by atoms with Crippen molar-refractivity contribution in [1.82, 2.24) is 5.43 Å². The van der Waals surface area contributed by atoms with Crippen LogP contribution in [0.4, 0.5) is 4.39 Å². The zero-order chi connectivity index (χ0) is 13.4. The smallest absolute Gasteiger partial charge is 0.124 e. The van der Waals surface area contributed by atoms with Crippen molar-refractivity contribution in [2.45, 2.75) is 43.9 Å². The van der Waals surface area contributed by atoms with E-state index in [2.05, 4.69) is 21.4 Å². The predicted octanol–water partition coefficient (Wildman–Crippen LogP) is 2.53. The minimum atomic E-state index is -0.218. The number of hydrogen-bond donors (Lipinski definition) is 2. The highest BCUT2D eigenvalue weighted by molar-refractivity contribution is 9.10. The minimum Gasteiger partial charge on any atom is -0.375 e. The highest BCUT2D eigenvalue weighted by Crippen LogP contribution is 2.40. The van der Waals surface area contributed by atoms with Crippen molar-refractivity contribution in [3.63, 3.8) is 0 Å². The SMILES string of the molecule is NNC(Cc1cc(F)cc(Br)c1)C1CC2CCC1O2. The molecule has 0 aromatic heterocycles. The average molecular weight is 329 g/mol. The van der Waals surface area contributed by atoms with Crippen molar-refractivity contribution in [3.8, 4) is 0 Å². The molecule has 0 radical (unpaired) electrons. The predicted molar refractivity (Wildman–Crippen MR) is 74.9 cm³/mol. The third-order valence-corrected chi connectivity index (χ3v) is 4.72. The van der Waals surface area contributed by atoms with Gasteiger partial charge in [-0.15, -0.1) is 0 Å². The second-order valence-electron chi connectivity index (χ2n) is 5.53. The summed E-state index contributed by atoms with van der Waals surface area (Å²) in [7, 11) is 0. The molecular formula is C14H18BrFN2O. The van der Waals surface area contributed by atoms with Gasteiger partial charge in [-0.3, -0.25) is 11.3 Å². The van der Waals surface area contributed by atoms with E-state index < -0.39 is 0 Å². The summed E-state index contributed by atoms with van der Waals surface area (Å²) >= 11 is 3.32. The zero-order valence-corrected chi connectivity index (χ0v) is 12.2. The molecule has 0 aliphatic carbocycles. The fraction of sp³-hybridized carbons (Fsp3) is 0.571. The standard InChI is InChI=1S/C14H18BrFN2O/c15-9-3-8(4-10(16)6-9)5-13(18-17)12-7-11-1-2-14(12)19-11/h3-4,6,11-14,18H,1-2,5,7,17H2. The van der Waals surface area contributed by atoms with Crippen LogP contribution in [-0.4, -0.2) is 18.2 Å². The van der Waals surface area contributed by atoms with Crippen LogP contribution in [0.5, 0.6) is 0 Å². The van der Waals surface area contributed by atoms with Crippen LogP contribution in [0.3, 0.4) is 0 Å². The number of halogens is 2. The van der Waals surface area contributed by atoms with Crippen LogP contribution in [-0.2, 0) is 11.2 Å². The molecule has 2 aliphatic rings. The van der Waals surface area contributed by atoms with Crippen molar-refractivity contribution in [2.24, 2.45) is 11.8 Å². The molecule has 1 aromatic carbocycles. The van der Waals surface area contributed by atoms with Gasteiger partial charge in [0.15, 0.2) is 0 Å². The van der Waals surface area contributed by atoms with Crippen LogP contribution in [0.1, 0.15) is 24.8 Å². The molecule has 19 heavy (non-hydrogen) atoms. The Morgan fingerprint density at radius 3 is 2.84 bits per heavy atom. The molecule has 2 saturated heterocycles. The highest BCUT2D eigenvalue weighted by atomic mass is 79.9. The molecule has 4 unspecified atom stereocenters. The zero-order valence-electron chi connectivity index (χ0n) is 10.6. The summed E-state index contributed by atoms with van der Waals surface area (Å²) in [6.07, 6.45) is 4.82. The Kier molecular flexibility index (Phi) is 3.89. The van der Waals surface area contributed by atoms with Gasteiger partial charge in [-0.2, -0.15) is 0 Å². The lowest BCUT2D eigenvalue weighted by atomic mass is 9.82.